The summed E-state index contributed by atoms with van der Waals surface area (Å²) in [5.74, 6) is 1.05. The van der Waals surface area contributed by atoms with E-state index >= 15 is 0 Å². The Bertz CT molecular complexity index is 548. The maximum atomic E-state index is 12.5. The van der Waals surface area contributed by atoms with Gasteiger partial charge in [0.05, 0.1) is 25.6 Å². The van der Waals surface area contributed by atoms with Gasteiger partial charge in [0.25, 0.3) is 5.91 Å². The lowest BCUT2D eigenvalue weighted by atomic mass is 10.1. The SMILES string of the molecule is CN1CCOC[C@@H](CNc2cncc(C(=O)N3CCCCC3)n2)C1. The van der Waals surface area contributed by atoms with Gasteiger partial charge in [0.15, 0.2) is 0 Å². The molecule has 0 radical (unpaired) electrons. The van der Waals surface area contributed by atoms with Crippen LogP contribution in [0.1, 0.15) is 29.8 Å². The van der Waals surface area contributed by atoms with Gasteiger partial charge >= 0.3 is 0 Å². The highest BCUT2D eigenvalue weighted by molar-refractivity contribution is 5.92. The van der Waals surface area contributed by atoms with Crippen LogP contribution in [0.25, 0.3) is 0 Å². The summed E-state index contributed by atoms with van der Waals surface area (Å²) in [6.45, 7) is 5.90. The van der Waals surface area contributed by atoms with Crippen molar-refractivity contribution in [3.05, 3.63) is 18.1 Å². The first-order valence-corrected chi connectivity index (χ1v) is 8.84. The third-order valence-corrected chi connectivity index (χ3v) is 4.61. The molecular formula is C17H27N5O2. The Balaban J connectivity index is 1.57. The van der Waals surface area contributed by atoms with Gasteiger partial charge in [0.2, 0.25) is 0 Å². The lowest BCUT2D eigenvalue weighted by molar-refractivity contribution is 0.0718. The van der Waals surface area contributed by atoms with Gasteiger partial charge in [-0.3, -0.25) is 9.78 Å². The Hall–Kier alpha value is -1.73. The van der Waals surface area contributed by atoms with Crippen LogP contribution in [0.5, 0.6) is 0 Å². The molecule has 1 amide bonds. The van der Waals surface area contributed by atoms with Crippen molar-refractivity contribution >= 4 is 11.7 Å². The fourth-order valence-corrected chi connectivity index (χ4v) is 3.24. The van der Waals surface area contributed by atoms with Gasteiger partial charge in [0.1, 0.15) is 11.5 Å². The van der Waals surface area contributed by atoms with Crippen LogP contribution in [0.4, 0.5) is 5.82 Å². The first kappa shape index (κ1) is 17.1. The second-order valence-electron chi connectivity index (χ2n) is 6.73. The number of likely N-dealkylation sites (N-methyl/N-ethyl adjacent to an activating group) is 1. The van der Waals surface area contributed by atoms with Crippen LogP contribution < -0.4 is 5.32 Å². The van der Waals surface area contributed by atoms with Crippen molar-refractivity contribution in [2.45, 2.75) is 19.3 Å². The van der Waals surface area contributed by atoms with E-state index in [9.17, 15) is 4.79 Å². The van der Waals surface area contributed by atoms with E-state index in [4.69, 9.17) is 4.74 Å². The molecule has 2 fully saturated rings. The molecule has 0 unspecified atom stereocenters. The summed E-state index contributed by atoms with van der Waals surface area (Å²) in [5, 5.41) is 3.31. The molecule has 132 valence electrons. The van der Waals surface area contributed by atoms with Crippen molar-refractivity contribution in [1.29, 1.82) is 0 Å². The molecule has 2 aliphatic heterocycles. The number of carbonyl (C=O) groups excluding carboxylic acids is 1. The van der Waals surface area contributed by atoms with Crippen LogP contribution >= 0.6 is 0 Å². The molecule has 1 aromatic heterocycles. The summed E-state index contributed by atoms with van der Waals surface area (Å²) < 4.78 is 5.63. The predicted octanol–water partition coefficient (Wildman–Crippen LogP) is 1.09. The monoisotopic (exact) mass is 333 g/mol. The number of anilines is 1. The van der Waals surface area contributed by atoms with E-state index in [0.717, 1.165) is 58.8 Å². The number of likely N-dealkylation sites (tertiary alicyclic amines) is 1. The molecule has 24 heavy (non-hydrogen) atoms. The smallest absolute Gasteiger partial charge is 0.274 e. The average Bonchev–Trinajstić information content (AvgIpc) is 2.84. The number of aromatic nitrogens is 2. The van der Waals surface area contributed by atoms with Crippen molar-refractivity contribution in [3.63, 3.8) is 0 Å². The number of carbonyl (C=O) groups is 1. The fourth-order valence-electron chi connectivity index (χ4n) is 3.24. The average molecular weight is 333 g/mol. The van der Waals surface area contributed by atoms with Gasteiger partial charge in [-0.1, -0.05) is 0 Å². The number of nitrogens with one attached hydrogen (secondary N) is 1. The number of hydrogen-bond acceptors (Lipinski definition) is 6. The summed E-state index contributed by atoms with van der Waals surface area (Å²) in [5.41, 5.74) is 0.427. The number of rotatable bonds is 4. The van der Waals surface area contributed by atoms with Gasteiger partial charge in [0, 0.05) is 38.6 Å². The van der Waals surface area contributed by atoms with Crippen LogP contribution in [0.15, 0.2) is 12.4 Å². The largest absolute Gasteiger partial charge is 0.380 e. The molecule has 1 atom stereocenters. The van der Waals surface area contributed by atoms with Crippen molar-refractivity contribution < 1.29 is 9.53 Å². The zero-order valence-electron chi connectivity index (χ0n) is 14.4. The van der Waals surface area contributed by atoms with Crippen LogP contribution in [0.3, 0.4) is 0 Å². The quantitative estimate of drug-likeness (QED) is 0.889. The zero-order chi connectivity index (χ0) is 16.8. The van der Waals surface area contributed by atoms with E-state index in [1.54, 1.807) is 12.4 Å². The second-order valence-corrected chi connectivity index (χ2v) is 6.73. The van der Waals surface area contributed by atoms with Crippen LogP contribution in [0, 0.1) is 5.92 Å². The van der Waals surface area contributed by atoms with Gasteiger partial charge in [-0.25, -0.2) is 4.98 Å². The highest BCUT2D eigenvalue weighted by atomic mass is 16.5. The fraction of sp³-hybridized carbons (Fsp3) is 0.706. The van der Waals surface area contributed by atoms with Crippen molar-refractivity contribution in [2.24, 2.45) is 5.92 Å². The Labute approximate surface area is 143 Å². The van der Waals surface area contributed by atoms with Crippen LogP contribution in [0.2, 0.25) is 0 Å². The normalized spacial score (nSPS) is 22.9. The molecule has 0 bridgehead atoms. The molecule has 2 aliphatic rings. The zero-order valence-corrected chi connectivity index (χ0v) is 14.4. The molecule has 0 aliphatic carbocycles. The van der Waals surface area contributed by atoms with E-state index in [1.807, 2.05) is 4.90 Å². The van der Waals surface area contributed by atoms with Crippen molar-refractivity contribution in [3.8, 4) is 0 Å². The summed E-state index contributed by atoms with van der Waals surface area (Å²) in [7, 11) is 2.11. The van der Waals surface area contributed by atoms with Crippen molar-refractivity contribution in [2.75, 3.05) is 58.3 Å². The molecule has 0 saturated carbocycles. The van der Waals surface area contributed by atoms with E-state index in [2.05, 4.69) is 27.2 Å². The molecule has 3 heterocycles. The first-order chi connectivity index (χ1) is 11.7. The first-order valence-electron chi connectivity index (χ1n) is 8.84. The topological polar surface area (TPSA) is 70.6 Å². The lowest BCUT2D eigenvalue weighted by Gasteiger charge is -2.26. The van der Waals surface area contributed by atoms with Gasteiger partial charge < -0.3 is 19.9 Å². The Morgan fingerprint density at radius 3 is 2.96 bits per heavy atom. The maximum Gasteiger partial charge on any atom is 0.274 e. The molecular weight excluding hydrogens is 306 g/mol. The minimum atomic E-state index is -0.0108. The summed E-state index contributed by atoms with van der Waals surface area (Å²) in [6, 6.07) is 0. The third-order valence-electron chi connectivity index (χ3n) is 4.61. The summed E-state index contributed by atoms with van der Waals surface area (Å²) >= 11 is 0. The number of amides is 1. The van der Waals surface area contributed by atoms with Gasteiger partial charge in [-0.2, -0.15) is 0 Å². The Morgan fingerprint density at radius 2 is 2.12 bits per heavy atom. The van der Waals surface area contributed by atoms with Crippen LogP contribution in [-0.4, -0.2) is 78.7 Å². The van der Waals surface area contributed by atoms with Gasteiger partial charge in [-0.05, 0) is 26.3 Å². The lowest BCUT2D eigenvalue weighted by Crippen LogP contribution is -2.36. The van der Waals surface area contributed by atoms with E-state index in [1.165, 1.54) is 6.42 Å². The minimum absolute atomic E-state index is 0.0108. The Morgan fingerprint density at radius 1 is 1.29 bits per heavy atom. The highest BCUT2D eigenvalue weighted by Gasteiger charge is 2.20. The molecule has 7 nitrogen and oxygen atoms in total. The van der Waals surface area contributed by atoms with Crippen LogP contribution in [-0.2, 0) is 4.74 Å². The Kier molecular flexibility index (Phi) is 5.98. The highest BCUT2D eigenvalue weighted by Crippen LogP contribution is 2.13. The summed E-state index contributed by atoms with van der Waals surface area (Å²) in [6.07, 6.45) is 6.59. The molecule has 0 spiro atoms. The number of piperidine rings is 1. The molecule has 0 aromatic carbocycles. The summed E-state index contributed by atoms with van der Waals surface area (Å²) in [4.78, 5) is 25.3. The standard InChI is InChI=1S/C17H27N5O2/c1-21-7-8-24-13-14(12-21)9-19-16-11-18-10-15(20-16)17(23)22-5-3-2-4-6-22/h10-11,14H,2-9,12-13H2,1H3,(H,19,20)/t14-/m0/s1. The number of ether oxygens (including phenoxy) is 1. The van der Waals surface area contributed by atoms with Crippen molar-refractivity contribution in [1.82, 2.24) is 19.8 Å². The van der Waals surface area contributed by atoms with E-state index in [0.29, 0.717) is 17.4 Å². The second kappa shape index (κ2) is 8.39. The van der Waals surface area contributed by atoms with Gasteiger partial charge in [-0.15, -0.1) is 0 Å². The minimum Gasteiger partial charge on any atom is -0.380 e. The molecule has 7 heteroatoms. The predicted molar refractivity (Wildman–Crippen MR) is 92.1 cm³/mol. The molecule has 1 aromatic rings. The number of hydrogen-bond donors (Lipinski definition) is 1. The van der Waals surface area contributed by atoms with E-state index < -0.39 is 0 Å². The molecule has 3 rings (SSSR count). The number of nitrogens with zero attached hydrogens (tertiary/aromatic N) is 4. The molecule has 2 saturated heterocycles. The third kappa shape index (κ3) is 4.64. The van der Waals surface area contributed by atoms with E-state index in [-0.39, 0.29) is 5.91 Å². The molecule has 1 N–H and O–H groups in total. The maximum absolute atomic E-state index is 12.5.